The second-order valence-electron chi connectivity index (χ2n) is 6.43. The molecule has 2 aliphatic rings. The molecule has 0 amide bonds. The molecule has 3 heterocycles. The minimum Gasteiger partial charge on any atom is -0.461 e. The van der Waals surface area contributed by atoms with Crippen LogP contribution >= 0.6 is 15.9 Å². The summed E-state index contributed by atoms with van der Waals surface area (Å²) in [4.78, 5) is 18.0. The van der Waals surface area contributed by atoms with Gasteiger partial charge in [0, 0.05) is 18.7 Å². The number of aromatic nitrogens is 4. The van der Waals surface area contributed by atoms with E-state index in [9.17, 15) is 13.6 Å². The number of esters is 1. The minimum absolute atomic E-state index is 0.143. The Balaban J connectivity index is 1.43. The minimum atomic E-state index is -2.50. The molecule has 2 atom stereocenters. The first kappa shape index (κ1) is 17.3. The Bertz CT molecular complexity index is 845. The fraction of sp³-hybridized carbons (Fsp3) is 0.500. The largest absolute Gasteiger partial charge is 0.461 e. The third-order valence-corrected chi connectivity index (χ3v) is 5.48. The number of piperidine rings is 1. The molecule has 0 radical (unpaired) electrons. The first-order valence-corrected chi connectivity index (χ1v) is 9.05. The number of anilines is 1. The van der Waals surface area contributed by atoms with Crippen molar-refractivity contribution in [1.29, 1.82) is 0 Å². The third-order valence-electron chi connectivity index (χ3n) is 4.79. The van der Waals surface area contributed by atoms with Gasteiger partial charge in [0.1, 0.15) is 10.4 Å². The summed E-state index contributed by atoms with van der Waals surface area (Å²) in [5, 5.41) is 7.70. The van der Waals surface area contributed by atoms with E-state index in [2.05, 4.69) is 31.2 Å². The maximum Gasteiger partial charge on any atom is 0.360 e. The molecule has 0 bridgehead atoms. The second-order valence-corrected chi connectivity index (χ2v) is 7.18. The summed E-state index contributed by atoms with van der Waals surface area (Å²) in [5.74, 6) is -3.43. The monoisotopic (exact) mass is 427 g/mol. The van der Waals surface area contributed by atoms with Gasteiger partial charge in [0.15, 0.2) is 5.69 Å². The van der Waals surface area contributed by atoms with Gasteiger partial charge in [-0.15, -0.1) is 5.10 Å². The number of hydrogen-bond donors (Lipinski definition) is 0. The molecule has 1 saturated heterocycles. The number of alkyl halides is 2. The lowest BCUT2D eigenvalue weighted by atomic mass is 10.2. The zero-order valence-corrected chi connectivity index (χ0v) is 15.5. The lowest BCUT2D eigenvalue weighted by molar-refractivity contribution is 0.0519. The number of carbonyl (C=O) groups excluding carboxylic acids is 1. The van der Waals surface area contributed by atoms with Crippen molar-refractivity contribution in [3.05, 3.63) is 34.2 Å². The number of ether oxygens (including phenoxy) is 1. The molecule has 1 aliphatic carbocycles. The van der Waals surface area contributed by atoms with E-state index in [0.717, 1.165) is 5.56 Å². The highest BCUT2D eigenvalue weighted by molar-refractivity contribution is 9.10. The van der Waals surface area contributed by atoms with E-state index in [0.29, 0.717) is 30.1 Å². The number of fused-ring (bicyclic) bond motifs is 1. The Kier molecular flexibility index (Phi) is 4.17. The number of halogens is 3. The topological polar surface area (TPSA) is 73.1 Å². The van der Waals surface area contributed by atoms with Gasteiger partial charge in [-0.3, -0.25) is 0 Å². The first-order valence-electron chi connectivity index (χ1n) is 8.25. The van der Waals surface area contributed by atoms with E-state index < -0.39 is 23.7 Å². The van der Waals surface area contributed by atoms with Gasteiger partial charge in [-0.05, 0) is 28.9 Å². The Morgan fingerprint density at radius 3 is 2.77 bits per heavy atom. The van der Waals surface area contributed by atoms with Crippen LogP contribution in [-0.4, -0.2) is 51.6 Å². The maximum atomic E-state index is 13.3. The van der Waals surface area contributed by atoms with Crippen molar-refractivity contribution in [3.63, 3.8) is 0 Å². The summed E-state index contributed by atoms with van der Waals surface area (Å²) in [6.07, 6.45) is 1.51. The molecule has 7 nitrogen and oxygen atoms in total. The Labute approximate surface area is 156 Å². The summed E-state index contributed by atoms with van der Waals surface area (Å²) in [6, 6.07) is 3.67. The molecule has 0 N–H and O–H groups in total. The van der Waals surface area contributed by atoms with Crippen LogP contribution in [0.2, 0.25) is 0 Å². The molecule has 4 rings (SSSR count). The van der Waals surface area contributed by atoms with Gasteiger partial charge in [-0.1, -0.05) is 11.3 Å². The number of carbonyl (C=O) groups is 1. The van der Waals surface area contributed by atoms with Gasteiger partial charge < -0.3 is 9.64 Å². The number of rotatable bonds is 5. The van der Waals surface area contributed by atoms with E-state index >= 15 is 0 Å². The standard InChI is InChI=1S/C16H16BrF2N5O2/c1-2-26-15(25)12-8-24(22-21-12)5-9-3-4-13(20-14(9)17)23-6-10-11(7-23)16(10,18)19/h3-4,8,10-11H,2,5-7H2,1H3. The lowest BCUT2D eigenvalue weighted by Crippen LogP contribution is -2.28. The highest BCUT2D eigenvalue weighted by Crippen LogP contribution is 2.59. The summed E-state index contributed by atoms with van der Waals surface area (Å²) in [6.45, 7) is 3.03. The zero-order chi connectivity index (χ0) is 18.5. The van der Waals surface area contributed by atoms with E-state index in [1.807, 2.05) is 17.0 Å². The van der Waals surface area contributed by atoms with E-state index in [1.54, 1.807) is 6.92 Å². The van der Waals surface area contributed by atoms with Crippen LogP contribution in [0, 0.1) is 11.8 Å². The van der Waals surface area contributed by atoms with E-state index in [4.69, 9.17) is 4.74 Å². The molecule has 10 heteroatoms. The second kappa shape index (κ2) is 6.26. The first-order chi connectivity index (χ1) is 12.4. The molecule has 0 aromatic carbocycles. The summed E-state index contributed by atoms with van der Waals surface area (Å²) >= 11 is 3.42. The average Bonchev–Trinajstić information content (AvgIpc) is 3.05. The van der Waals surface area contributed by atoms with Crippen LogP contribution in [-0.2, 0) is 11.3 Å². The van der Waals surface area contributed by atoms with Crippen molar-refractivity contribution >= 4 is 27.7 Å². The fourth-order valence-electron chi connectivity index (χ4n) is 3.29. The highest BCUT2D eigenvalue weighted by atomic mass is 79.9. The molecule has 2 aromatic rings. The van der Waals surface area contributed by atoms with Crippen LogP contribution < -0.4 is 4.90 Å². The summed E-state index contributed by atoms with van der Waals surface area (Å²) in [7, 11) is 0. The van der Waals surface area contributed by atoms with Crippen molar-refractivity contribution in [2.24, 2.45) is 11.8 Å². The maximum absolute atomic E-state index is 13.3. The third kappa shape index (κ3) is 2.95. The van der Waals surface area contributed by atoms with E-state index in [-0.39, 0.29) is 12.3 Å². The van der Waals surface area contributed by atoms with Gasteiger partial charge in [0.05, 0.1) is 31.2 Å². The number of hydrogen-bond acceptors (Lipinski definition) is 6. The van der Waals surface area contributed by atoms with Crippen molar-refractivity contribution < 1.29 is 18.3 Å². The van der Waals surface area contributed by atoms with E-state index in [1.165, 1.54) is 10.9 Å². The Hall–Kier alpha value is -2.10. The van der Waals surface area contributed by atoms with Gasteiger partial charge in [-0.25, -0.2) is 23.2 Å². The van der Waals surface area contributed by atoms with Crippen LogP contribution in [0.1, 0.15) is 23.0 Å². The van der Waals surface area contributed by atoms with Gasteiger partial charge in [0.25, 0.3) is 5.92 Å². The molecule has 0 spiro atoms. The molecular formula is C16H16BrF2N5O2. The van der Waals surface area contributed by atoms with Crippen LogP contribution in [0.5, 0.6) is 0 Å². The molecule has 1 aliphatic heterocycles. The van der Waals surface area contributed by atoms with Gasteiger partial charge in [0.2, 0.25) is 0 Å². The molecule has 138 valence electrons. The van der Waals surface area contributed by atoms with Crippen LogP contribution in [0.25, 0.3) is 0 Å². The normalized spacial score (nSPS) is 23.0. The Morgan fingerprint density at radius 2 is 2.12 bits per heavy atom. The zero-order valence-electron chi connectivity index (χ0n) is 13.9. The highest BCUT2D eigenvalue weighted by Gasteiger charge is 2.71. The molecule has 2 fully saturated rings. The quantitative estimate of drug-likeness (QED) is 0.538. The smallest absolute Gasteiger partial charge is 0.360 e. The molecule has 2 unspecified atom stereocenters. The van der Waals surface area contributed by atoms with Crippen LogP contribution in [0.3, 0.4) is 0 Å². The summed E-state index contributed by atoms with van der Waals surface area (Å²) < 4.78 is 33.6. The molecule has 26 heavy (non-hydrogen) atoms. The van der Waals surface area contributed by atoms with Crippen molar-refractivity contribution in [2.45, 2.75) is 19.4 Å². The van der Waals surface area contributed by atoms with Gasteiger partial charge in [-0.2, -0.15) is 0 Å². The molecule has 2 aromatic heterocycles. The summed E-state index contributed by atoms with van der Waals surface area (Å²) in [5.41, 5.74) is 0.980. The van der Waals surface area contributed by atoms with Crippen molar-refractivity contribution in [1.82, 2.24) is 20.0 Å². The fourth-order valence-corrected chi connectivity index (χ4v) is 3.73. The number of pyridine rings is 1. The SMILES string of the molecule is CCOC(=O)c1cn(Cc2ccc(N3CC4C(C3)C4(F)F)nc2Br)nn1. The van der Waals surface area contributed by atoms with Crippen molar-refractivity contribution in [2.75, 3.05) is 24.6 Å². The van der Waals surface area contributed by atoms with Crippen LogP contribution in [0.15, 0.2) is 22.9 Å². The van der Waals surface area contributed by atoms with Gasteiger partial charge >= 0.3 is 5.97 Å². The molecule has 1 saturated carbocycles. The predicted molar refractivity (Wildman–Crippen MR) is 91.2 cm³/mol. The Morgan fingerprint density at radius 1 is 1.38 bits per heavy atom. The average molecular weight is 428 g/mol. The lowest BCUT2D eigenvalue weighted by Gasteiger charge is -2.21. The molecular weight excluding hydrogens is 412 g/mol. The van der Waals surface area contributed by atoms with Crippen LogP contribution in [0.4, 0.5) is 14.6 Å². The van der Waals surface area contributed by atoms with Crippen molar-refractivity contribution in [3.8, 4) is 0 Å². The predicted octanol–water partition coefficient (Wildman–Crippen LogP) is 2.36. The number of nitrogens with zero attached hydrogens (tertiary/aromatic N) is 5.